The summed E-state index contributed by atoms with van der Waals surface area (Å²) in [6.07, 6.45) is 2.50. The van der Waals surface area contributed by atoms with E-state index in [1.807, 2.05) is 60.8 Å². The number of para-hydroxylation sites is 1. The molecule has 0 aliphatic carbocycles. The van der Waals surface area contributed by atoms with E-state index in [2.05, 4.69) is 46.8 Å². The van der Waals surface area contributed by atoms with Crippen LogP contribution in [0.3, 0.4) is 0 Å². The van der Waals surface area contributed by atoms with Crippen LogP contribution >= 0.6 is 0 Å². The number of nitrogens with one attached hydrogen (secondary N) is 3. The lowest BCUT2D eigenvalue weighted by molar-refractivity contribution is 0.773. The van der Waals surface area contributed by atoms with Crippen molar-refractivity contribution in [3.63, 3.8) is 0 Å². The van der Waals surface area contributed by atoms with Crippen molar-refractivity contribution >= 4 is 28.0 Å². The zero-order chi connectivity index (χ0) is 22.1. The van der Waals surface area contributed by atoms with Crippen LogP contribution in [0.2, 0.25) is 0 Å². The number of fused-ring (bicyclic) bond motifs is 1. The molecule has 0 spiro atoms. The topological polar surface area (TPSA) is 74.0 Å². The summed E-state index contributed by atoms with van der Waals surface area (Å²) in [6, 6.07) is 26.0. The van der Waals surface area contributed by atoms with E-state index in [1.54, 1.807) is 0 Å². The third-order valence-corrected chi connectivity index (χ3v) is 5.84. The summed E-state index contributed by atoms with van der Waals surface area (Å²) in [5.41, 5.74) is 4.80. The van der Waals surface area contributed by atoms with Crippen LogP contribution in [0.1, 0.15) is 22.7 Å². The second kappa shape index (κ2) is 8.19. The summed E-state index contributed by atoms with van der Waals surface area (Å²) in [5, 5.41) is 7.50. The highest BCUT2D eigenvalue weighted by molar-refractivity contribution is 5.95. The van der Waals surface area contributed by atoms with Crippen molar-refractivity contribution in [2.75, 3.05) is 10.6 Å². The summed E-state index contributed by atoms with van der Waals surface area (Å²) in [4.78, 5) is 28.1. The normalized spacial score (nSPS) is 12.2. The number of H-pyrrole nitrogens is 1. The zero-order valence-electron chi connectivity index (χ0n) is 17.7. The van der Waals surface area contributed by atoms with E-state index in [-0.39, 0.29) is 6.04 Å². The molecule has 0 aliphatic rings. The molecule has 0 fully saturated rings. The van der Waals surface area contributed by atoms with Gasteiger partial charge in [0.1, 0.15) is 11.4 Å². The van der Waals surface area contributed by atoms with Crippen LogP contribution in [-0.4, -0.2) is 4.98 Å². The van der Waals surface area contributed by atoms with E-state index in [9.17, 15) is 9.59 Å². The highest BCUT2D eigenvalue weighted by Crippen LogP contribution is 2.30. The third kappa shape index (κ3) is 3.69. The molecule has 0 unspecified atom stereocenters. The maximum atomic E-state index is 12.5. The van der Waals surface area contributed by atoms with Gasteiger partial charge in [0, 0.05) is 17.1 Å². The van der Waals surface area contributed by atoms with Crippen LogP contribution in [0.4, 0.5) is 17.1 Å². The minimum atomic E-state index is -0.500. The predicted molar refractivity (Wildman–Crippen MR) is 131 cm³/mol. The van der Waals surface area contributed by atoms with Crippen LogP contribution in [0.5, 0.6) is 0 Å². The number of aromatic nitrogens is 1. The van der Waals surface area contributed by atoms with Gasteiger partial charge in [0.15, 0.2) is 0 Å². The number of rotatable bonds is 7. The van der Waals surface area contributed by atoms with Gasteiger partial charge in [0.25, 0.3) is 10.9 Å². The molecule has 5 rings (SSSR count). The van der Waals surface area contributed by atoms with Crippen LogP contribution < -0.4 is 21.5 Å². The molecular formula is C27H23N3O2. The maximum absolute atomic E-state index is 12.5. The summed E-state index contributed by atoms with van der Waals surface area (Å²) in [6.45, 7) is 2.06. The Labute approximate surface area is 185 Å². The Hall–Kier alpha value is -4.12. The molecule has 1 aromatic heterocycles. The fraction of sp³-hybridized carbons (Fsp3) is 0.111. The van der Waals surface area contributed by atoms with E-state index in [4.69, 9.17) is 0 Å². The van der Waals surface area contributed by atoms with Gasteiger partial charge in [-0.15, -0.1) is 0 Å². The van der Waals surface area contributed by atoms with Gasteiger partial charge in [-0.1, -0.05) is 78.4 Å². The molecule has 1 heterocycles. The first-order valence-electron chi connectivity index (χ1n) is 10.6. The SMILES string of the molecule is Cc1ccc(C[C@H](Nc2c(Nc3c[nH]c4ccccc34)c(=O)c2=O)c2ccccc2)cc1. The molecular weight excluding hydrogens is 398 g/mol. The van der Waals surface area contributed by atoms with Gasteiger partial charge in [0.2, 0.25) is 0 Å². The molecule has 3 N–H and O–H groups in total. The summed E-state index contributed by atoms with van der Waals surface area (Å²) < 4.78 is 0. The van der Waals surface area contributed by atoms with Gasteiger partial charge < -0.3 is 15.6 Å². The molecule has 0 radical (unpaired) electrons. The number of aromatic amines is 1. The number of hydrogen-bond donors (Lipinski definition) is 3. The fourth-order valence-corrected chi connectivity index (χ4v) is 4.03. The highest BCUT2D eigenvalue weighted by atomic mass is 16.2. The Balaban J connectivity index is 1.46. The zero-order valence-corrected chi connectivity index (χ0v) is 17.7. The lowest BCUT2D eigenvalue weighted by Crippen LogP contribution is -2.37. The molecule has 0 amide bonds. The Bertz CT molecular complexity index is 1440. The fourth-order valence-electron chi connectivity index (χ4n) is 4.03. The van der Waals surface area contributed by atoms with Gasteiger partial charge in [-0.25, -0.2) is 0 Å². The third-order valence-electron chi connectivity index (χ3n) is 5.84. The number of aryl methyl sites for hydroxylation is 1. The number of hydrogen-bond acceptors (Lipinski definition) is 4. The van der Waals surface area contributed by atoms with Crippen molar-refractivity contribution in [1.29, 1.82) is 0 Å². The second-order valence-electron chi connectivity index (χ2n) is 8.08. The van der Waals surface area contributed by atoms with Gasteiger partial charge in [-0.05, 0) is 30.5 Å². The lowest BCUT2D eigenvalue weighted by Gasteiger charge is -2.23. The Kier molecular flexibility index (Phi) is 5.07. The Morgan fingerprint density at radius 3 is 2.28 bits per heavy atom. The van der Waals surface area contributed by atoms with Crippen molar-refractivity contribution in [2.45, 2.75) is 19.4 Å². The molecule has 5 aromatic rings. The summed E-state index contributed by atoms with van der Waals surface area (Å²) in [7, 11) is 0. The molecule has 0 aliphatic heterocycles. The van der Waals surface area contributed by atoms with Gasteiger partial charge in [-0.2, -0.15) is 0 Å². The van der Waals surface area contributed by atoms with Crippen molar-refractivity contribution in [3.05, 3.63) is 122 Å². The van der Waals surface area contributed by atoms with E-state index in [1.165, 1.54) is 5.56 Å². The monoisotopic (exact) mass is 421 g/mol. The van der Waals surface area contributed by atoms with E-state index in [0.29, 0.717) is 17.8 Å². The van der Waals surface area contributed by atoms with Crippen molar-refractivity contribution in [3.8, 4) is 0 Å². The summed E-state index contributed by atoms with van der Waals surface area (Å²) in [5.74, 6) is 0. The minimum absolute atomic E-state index is 0.147. The molecule has 1 atom stereocenters. The second-order valence-corrected chi connectivity index (χ2v) is 8.08. The minimum Gasteiger partial charge on any atom is -0.373 e. The van der Waals surface area contributed by atoms with Crippen LogP contribution in [0.15, 0.2) is 94.6 Å². The van der Waals surface area contributed by atoms with Crippen molar-refractivity contribution in [2.24, 2.45) is 0 Å². The van der Waals surface area contributed by atoms with Gasteiger partial charge in [-0.3, -0.25) is 9.59 Å². The maximum Gasteiger partial charge on any atom is 0.253 e. The van der Waals surface area contributed by atoms with E-state index >= 15 is 0 Å². The van der Waals surface area contributed by atoms with Gasteiger partial charge >= 0.3 is 0 Å². The predicted octanol–water partition coefficient (Wildman–Crippen LogP) is 5.21. The van der Waals surface area contributed by atoms with Crippen molar-refractivity contribution < 1.29 is 0 Å². The average molecular weight is 422 g/mol. The van der Waals surface area contributed by atoms with E-state index in [0.717, 1.165) is 27.7 Å². The smallest absolute Gasteiger partial charge is 0.253 e. The molecule has 0 bridgehead atoms. The first-order chi connectivity index (χ1) is 15.6. The highest BCUT2D eigenvalue weighted by Gasteiger charge is 2.25. The number of benzene rings is 3. The van der Waals surface area contributed by atoms with E-state index < -0.39 is 10.9 Å². The molecule has 32 heavy (non-hydrogen) atoms. The number of anilines is 3. The average Bonchev–Trinajstić information content (AvgIpc) is 3.25. The Morgan fingerprint density at radius 2 is 1.50 bits per heavy atom. The van der Waals surface area contributed by atoms with Gasteiger partial charge in [0.05, 0.1) is 11.7 Å². The van der Waals surface area contributed by atoms with Crippen LogP contribution in [0.25, 0.3) is 10.9 Å². The quantitative estimate of drug-likeness (QED) is 0.315. The molecule has 5 nitrogen and oxygen atoms in total. The first-order valence-corrected chi connectivity index (χ1v) is 10.6. The van der Waals surface area contributed by atoms with Crippen LogP contribution in [0, 0.1) is 6.92 Å². The molecule has 5 heteroatoms. The van der Waals surface area contributed by atoms with Crippen LogP contribution in [-0.2, 0) is 6.42 Å². The largest absolute Gasteiger partial charge is 0.373 e. The lowest BCUT2D eigenvalue weighted by atomic mass is 9.97. The Morgan fingerprint density at radius 1 is 0.812 bits per heavy atom. The molecule has 4 aromatic carbocycles. The molecule has 0 saturated heterocycles. The van der Waals surface area contributed by atoms with Crippen molar-refractivity contribution in [1.82, 2.24) is 4.98 Å². The summed E-state index contributed by atoms with van der Waals surface area (Å²) >= 11 is 0. The molecule has 158 valence electrons. The molecule has 0 saturated carbocycles. The standard InChI is InChI=1S/C27H23N3O2/c1-17-11-13-18(14-12-17)15-22(19-7-3-2-4-8-19)29-24-25(27(32)26(24)31)30-23-16-28-21-10-6-5-9-20(21)23/h2-14,16,22,28-30H,15H2,1H3/t22-/m0/s1. The first kappa shape index (κ1) is 19.8.